The smallest absolute Gasteiger partial charge is 0.164 e. The quantitative estimate of drug-likeness (QED) is 0.240. The molecule has 6 aromatic rings. The molecule has 20 nitrogen and oxygen atoms in total. The molecule has 8 bridgehead atoms. The fraction of sp³-hybridized carbons (Fsp3) is 0. The van der Waals surface area contributed by atoms with E-state index in [1.165, 1.54) is 24.3 Å². The summed E-state index contributed by atoms with van der Waals surface area (Å²) in [4.78, 5) is 30.5. The van der Waals surface area contributed by atoms with E-state index < -0.39 is 60.1 Å². The number of benzene rings is 4. The molecule has 282 valence electrons. The molecule has 24 heteroatoms. The Labute approximate surface area is 313 Å². The van der Waals surface area contributed by atoms with Gasteiger partial charge in [0.2, 0.25) is 0 Å². The minimum absolute atomic E-state index is 0.00153. The Morgan fingerprint density at radius 1 is 0.375 bits per heavy atom. The van der Waals surface area contributed by atoms with Crippen molar-refractivity contribution in [3.63, 3.8) is 0 Å². The lowest BCUT2D eigenvalue weighted by Crippen LogP contribution is -1.99. The van der Waals surface area contributed by atoms with E-state index >= 15 is 0 Å². The lowest BCUT2D eigenvalue weighted by atomic mass is 10.1. The first-order valence-electron chi connectivity index (χ1n) is 15.5. The van der Waals surface area contributed by atoms with Crippen LogP contribution in [0.25, 0.3) is 90.4 Å². The van der Waals surface area contributed by atoms with E-state index in [4.69, 9.17) is 0 Å². The normalized spacial score (nSPS) is 13.2. The van der Waals surface area contributed by atoms with Gasteiger partial charge in [0.05, 0.1) is 19.6 Å². The van der Waals surface area contributed by atoms with E-state index in [1.54, 1.807) is 0 Å². The molecule has 0 spiro atoms. The number of H-pyrrole nitrogens is 2. The van der Waals surface area contributed by atoms with E-state index in [0.29, 0.717) is 0 Å². The maximum absolute atomic E-state index is 12.1. The van der Waals surface area contributed by atoms with Gasteiger partial charge in [0, 0.05) is 44.2 Å². The van der Waals surface area contributed by atoms with Crippen molar-refractivity contribution in [2.75, 3.05) is 0 Å². The van der Waals surface area contributed by atoms with Crippen LogP contribution in [0.15, 0.2) is 92.4 Å². The second kappa shape index (κ2) is 11.7. The van der Waals surface area contributed by atoms with Crippen LogP contribution < -0.4 is 0 Å². The van der Waals surface area contributed by atoms with Crippen LogP contribution in [0.4, 0.5) is 0 Å². The molecule has 3 aliphatic heterocycles. The zero-order chi connectivity index (χ0) is 39.7. The van der Waals surface area contributed by atoms with Gasteiger partial charge in [-0.1, -0.05) is 0 Å². The minimum atomic E-state index is -5.01. The molecule has 2 N–H and O–H groups in total. The van der Waals surface area contributed by atoms with Crippen LogP contribution in [0.1, 0.15) is 0 Å². The molecule has 0 radical (unpaired) electrons. The number of fused-ring (bicyclic) bond motifs is 20. The molecule has 56 heavy (non-hydrogen) atoms. The van der Waals surface area contributed by atoms with Crippen molar-refractivity contribution in [1.82, 2.24) is 39.9 Å². The second-order valence-electron chi connectivity index (χ2n) is 12.3. The lowest BCUT2D eigenvalue weighted by Gasteiger charge is -2.09. The summed E-state index contributed by atoms with van der Waals surface area (Å²) in [6, 6.07) is 13.2. The second-order valence-corrected chi connectivity index (χ2v) is 17.8. The van der Waals surface area contributed by atoms with Crippen LogP contribution in [0.5, 0.6) is 0 Å². The van der Waals surface area contributed by atoms with E-state index in [1.807, 2.05) is 0 Å². The molecule has 2 aromatic heterocycles. The topological polar surface area (TPSA) is 338 Å². The predicted molar refractivity (Wildman–Crippen MR) is 186 cm³/mol. The Balaban J connectivity index is 1.47. The first-order valence-corrected chi connectivity index (χ1v) is 21.1. The van der Waals surface area contributed by atoms with Gasteiger partial charge in [0.1, 0.15) is 57.6 Å². The van der Waals surface area contributed by atoms with Gasteiger partial charge in [-0.15, -0.1) is 0 Å². The number of rotatable bonds is 4. The zero-order valence-corrected chi connectivity index (χ0v) is 30.4. The average Bonchev–Trinajstić information content (AvgIpc) is 3.84. The van der Waals surface area contributed by atoms with Crippen molar-refractivity contribution in [1.29, 1.82) is 0 Å². The number of hydrogen-bond acceptors (Lipinski definition) is 18. The molecular weight excluding hydrogens is 817 g/mol. The standard InChI is InChI=1S/C32H18N8O12S4/c41-53(42,43)13-1-5-17-21(9-13)29-33-25(17)37-30-22-10-14(54(44,45)46)2-6-18(22)27(34-30)39-32-24-12-16(56(50,51)52)4-8-20(24)28(36-32)40-31-23-11-15(55(47,48)49)3-7-19(23)26(35-31)38-29/h1-12H,(H,41,42,43)(H,44,45,46)(H,47,48,49)(H,50,51,52)(H2,33,34,35,36,37,38,39,40)/p-4. The Morgan fingerprint density at radius 3 is 1.23 bits per heavy atom. The average molecular weight is 831 g/mol. The van der Waals surface area contributed by atoms with E-state index in [-0.39, 0.29) is 90.4 Å². The predicted octanol–water partition coefficient (Wildman–Crippen LogP) is 2.39. The summed E-state index contributed by atoms with van der Waals surface area (Å²) in [5.74, 6) is -1.02. The number of nitrogens with one attached hydrogen (secondary N) is 2. The van der Waals surface area contributed by atoms with E-state index in [0.717, 1.165) is 48.5 Å². The summed E-state index contributed by atoms with van der Waals surface area (Å²) in [7, 11) is -20.0. The first kappa shape index (κ1) is 35.6. The molecule has 0 aliphatic carbocycles. The molecule has 0 fully saturated rings. The van der Waals surface area contributed by atoms with Crippen molar-refractivity contribution >= 4 is 62.5 Å². The summed E-state index contributed by atoms with van der Waals surface area (Å²) >= 11 is 0. The highest BCUT2D eigenvalue weighted by atomic mass is 32.2. The summed E-state index contributed by atoms with van der Waals surface area (Å²) in [5.41, 5.74) is 0.423. The lowest BCUT2D eigenvalue weighted by molar-refractivity contribution is 0.461. The van der Waals surface area contributed by atoms with Crippen LogP contribution in [-0.4, -0.2) is 91.8 Å². The fourth-order valence-electron chi connectivity index (χ4n) is 6.33. The summed E-state index contributed by atoms with van der Waals surface area (Å²) in [5, 5.41) is 0.283. The van der Waals surface area contributed by atoms with Gasteiger partial charge in [-0.2, -0.15) is 0 Å². The van der Waals surface area contributed by atoms with Crippen LogP contribution in [0.3, 0.4) is 0 Å². The van der Waals surface area contributed by atoms with Gasteiger partial charge in [-0.25, -0.2) is 63.6 Å². The fourth-order valence-corrected chi connectivity index (χ4v) is 8.32. The molecule has 3 aliphatic rings. The molecule has 4 aromatic carbocycles. The monoisotopic (exact) mass is 830 g/mol. The SMILES string of the molecule is O=S(=O)([O-])c1ccc2c(c1)-c1nc3nc(nc4[nH]c([nH]c5nc(nc-2n1)-c1cc(S(=O)(=O)[O-])ccc1-5)c1cc(S(=O)(=O)[O-])ccc41)-c1cc(S(=O)(=O)[O-])ccc1-3. The van der Waals surface area contributed by atoms with Gasteiger partial charge >= 0.3 is 0 Å². The van der Waals surface area contributed by atoms with Crippen molar-refractivity contribution in [2.24, 2.45) is 0 Å². The van der Waals surface area contributed by atoms with Crippen molar-refractivity contribution in [3.05, 3.63) is 72.8 Å². The molecule has 0 amide bonds. The van der Waals surface area contributed by atoms with E-state index in [9.17, 15) is 51.9 Å². The molecule has 9 rings (SSSR count). The number of hydrogen-bond donors (Lipinski definition) is 2. The Bertz CT molecular complexity index is 3500. The number of aromatic amines is 2. The number of nitrogens with zero attached hydrogens (tertiary/aromatic N) is 6. The molecule has 5 heterocycles. The van der Waals surface area contributed by atoms with Crippen LogP contribution in [0.2, 0.25) is 0 Å². The maximum atomic E-state index is 12.1. The Kier molecular flexibility index (Phi) is 7.43. The summed E-state index contributed by atoms with van der Waals surface area (Å²) < 4.78 is 145. The van der Waals surface area contributed by atoms with Crippen molar-refractivity contribution in [2.45, 2.75) is 19.6 Å². The van der Waals surface area contributed by atoms with Crippen LogP contribution in [0, 0.1) is 0 Å². The summed E-state index contributed by atoms with van der Waals surface area (Å²) in [6.07, 6.45) is 0. The molecule has 0 saturated heterocycles. The van der Waals surface area contributed by atoms with E-state index in [2.05, 4.69) is 39.9 Å². The van der Waals surface area contributed by atoms with Crippen molar-refractivity contribution < 1.29 is 51.9 Å². The minimum Gasteiger partial charge on any atom is -0.744 e. The number of aromatic nitrogens is 8. The third-order valence-corrected chi connectivity index (χ3v) is 12.2. The van der Waals surface area contributed by atoms with Crippen molar-refractivity contribution in [3.8, 4) is 68.3 Å². The highest BCUT2D eigenvalue weighted by Crippen LogP contribution is 2.41. The highest BCUT2D eigenvalue weighted by molar-refractivity contribution is 7.86. The Morgan fingerprint density at radius 2 is 0.750 bits per heavy atom. The van der Waals surface area contributed by atoms with Crippen LogP contribution >= 0.6 is 0 Å². The van der Waals surface area contributed by atoms with Gasteiger partial charge in [-0.05, 0) is 72.8 Å². The molecular formula is C32H14N8O12S4-4. The van der Waals surface area contributed by atoms with Gasteiger partial charge in [0.15, 0.2) is 29.1 Å². The van der Waals surface area contributed by atoms with Gasteiger partial charge in [-0.3, -0.25) is 0 Å². The first-order chi connectivity index (χ1) is 26.2. The van der Waals surface area contributed by atoms with Crippen LogP contribution in [-0.2, 0) is 40.5 Å². The Hall–Kier alpha value is -6.12. The summed E-state index contributed by atoms with van der Waals surface area (Å²) in [6.45, 7) is 0. The maximum Gasteiger partial charge on any atom is 0.164 e. The largest absolute Gasteiger partial charge is 0.744 e. The zero-order valence-electron chi connectivity index (χ0n) is 27.1. The third kappa shape index (κ3) is 5.87. The third-order valence-electron chi connectivity index (χ3n) is 8.87. The molecule has 0 saturated carbocycles. The molecule has 0 atom stereocenters. The van der Waals surface area contributed by atoms with Gasteiger partial charge in [0.25, 0.3) is 0 Å². The highest BCUT2D eigenvalue weighted by Gasteiger charge is 2.27. The van der Waals surface area contributed by atoms with Gasteiger partial charge < -0.3 is 28.2 Å². The molecule has 0 unspecified atom stereocenters.